The Morgan fingerprint density at radius 2 is 2.04 bits per heavy atom. The third-order valence-corrected chi connectivity index (χ3v) is 4.93. The van der Waals surface area contributed by atoms with Gasteiger partial charge in [-0.15, -0.1) is 0 Å². The number of aromatic nitrogens is 1. The van der Waals surface area contributed by atoms with E-state index in [9.17, 15) is 19.1 Å². The van der Waals surface area contributed by atoms with Crippen molar-refractivity contribution in [1.29, 1.82) is 0 Å². The number of carboxylic acid groups (broad SMARTS) is 1. The Kier molecular flexibility index (Phi) is 6.76. The molecule has 8 heteroatoms. The van der Waals surface area contributed by atoms with Crippen molar-refractivity contribution in [3.05, 3.63) is 42.2 Å². The van der Waals surface area contributed by atoms with Gasteiger partial charge < -0.3 is 19.6 Å². The van der Waals surface area contributed by atoms with Crippen molar-refractivity contribution >= 4 is 11.9 Å². The van der Waals surface area contributed by atoms with E-state index in [4.69, 9.17) is 9.15 Å². The van der Waals surface area contributed by atoms with Gasteiger partial charge in [-0.1, -0.05) is 12.1 Å². The number of ether oxygens (including phenoxy) is 1. The largest absolute Gasteiger partial charge is 0.481 e. The monoisotopic (exact) mass is 390 g/mol. The van der Waals surface area contributed by atoms with Crippen molar-refractivity contribution in [3.8, 4) is 11.3 Å². The summed E-state index contributed by atoms with van der Waals surface area (Å²) >= 11 is 0. The molecule has 0 saturated carbocycles. The number of rotatable bonds is 8. The lowest BCUT2D eigenvalue weighted by atomic mass is 9.86. The topological polar surface area (TPSA) is 102 Å². The fourth-order valence-corrected chi connectivity index (χ4v) is 3.32. The molecule has 2 heterocycles. The zero-order valence-electron chi connectivity index (χ0n) is 15.4. The molecule has 1 saturated heterocycles. The normalized spacial score (nSPS) is 15.9. The average molecular weight is 390 g/mol. The molecule has 1 unspecified atom stereocenters. The molecule has 0 bridgehead atoms. The van der Waals surface area contributed by atoms with Crippen LogP contribution in [0, 0.1) is 17.7 Å². The maximum atomic E-state index is 13.8. The molecule has 1 aliphatic rings. The first-order valence-electron chi connectivity index (χ1n) is 9.31. The summed E-state index contributed by atoms with van der Waals surface area (Å²) in [4.78, 5) is 27.7. The van der Waals surface area contributed by atoms with E-state index < -0.39 is 17.7 Å². The standard InChI is InChI=1S/C20H23FN2O5/c21-16-4-2-1-3-14(16)17-12-23-19(28-17)6-5-18(24)22-11-15(20(25)26)13-7-9-27-10-8-13/h1-4,12-13,15H,5-11H2,(H,22,24)(H,25,26). The smallest absolute Gasteiger partial charge is 0.308 e. The lowest BCUT2D eigenvalue weighted by molar-refractivity contribution is -0.145. The van der Waals surface area contributed by atoms with Crippen LogP contribution in [-0.4, -0.2) is 41.7 Å². The Morgan fingerprint density at radius 1 is 1.29 bits per heavy atom. The number of aryl methyl sites for hydroxylation is 1. The van der Waals surface area contributed by atoms with Crippen LogP contribution in [0.15, 0.2) is 34.9 Å². The van der Waals surface area contributed by atoms with Crippen LogP contribution in [0.4, 0.5) is 4.39 Å². The predicted octanol–water partition coefficient (Wildman–Crippen LogP) is 2.66. The first-order valence-corrected chi connectivity index (χ1v) is 9.31. The Labute approximate surface area is 161 Å². The van der Waals surface area contributed by atoms with Gasteiger partial charge in [-0.2, -0.15) is 0 Å². The summed E-state index contributed by atoms with van der Waals surface area (Å²) in [5, 5.41) is 12.1. The van der Waals surface area contributed by atoms with Gasteiger partial charge >= 0.3 is 5.97 Å². The maximum Gasteiger partial charge on any atom is 0.308 e. The molecule has 150 valence electrons. The quantitative estimate of drug-likeness (QED) is 0.719. The molecule has 0 radical (unpaired) electrons. The number of nitrogens with zero attached hydrogens (tertiary/aromatic N) is 1. The van der Waals surface area contributed by atoms with E-state index in [-0.39, 0.29) is 31.2 Å². The molecular weight excluding hydrogens is 367 g/mol. The van der Waals surface area contributed by atoms with Crippen LogP contribution in [0.25, 0.3) is 11.3 Å². The lowest BCUT2D eigenvalue weighted by Gasteiger charge is -2.27. The number of carbonyl (C=O) groups excluding carboxylic acids is 1. The van der Waals surface area contributed by atoms with E-state index >= 15 is 0 Å². The van der Waals surface area contributed by atoms with Crippen LogP contribution in [0.1, 0.15) is 25.2 Å². The third kappa shape index (κ3) is 5.16. The molecule has 2 aromatic rings. The van der Waals surface area contributed by atoms with Gasteiger partial charge in [0, 0.05) is 32.6 Å². The van der Waals surface area contributed by atoms with E-state index in [2.05, 4.69) is 10.3 Å². The van der Waals surface area contributed by atoms with E-state index in [1.165, 1.54) is 12.3 Å². The van der Waals surface area contributed by atoms with Crippen molar-refractivity contribution in [2.45, 2.75) is 25.7 Å². The third-order valence-electron chi connectivity index (χ3n) is 4.93. The average Bonchev–Trinajstić information content (AvgIpc) is 3.16. The minimum absolute atomic E-state index is 0.00150. The fraction of sp³-hybridized carbons (Fsp3) is 0.450. The zero-order chi connectivity index (χ0) is 19.9. The van der Waals surface area contributed by atoms with Crippen molar-refractivity contribution in [2.75, 3.05) is 19.8 Å². The second kappa shape index (κ2) is 9.45. The van der Waals surface area contributed by atoms with Gasteiger partial charge in [0.2, 0.25) is 5.91 Å². The highest BCUT2D eigenvalue weighted by Gasteiger charge is 2.30. The highest BCUT2D eigenvalue weighted by atomic mass is 19.1. The Morgan fingerprint density at radius 3 is 2.75 bits per heavy atom. The van der Waals surface area contributed by atoms with E-state index in [0.717, 1.165) is 0 Å². The van der Waals surface area contributed by atoms with Gasteiger partial charge in [-0.05, 0) is 30.9 Å². The van der Waals surface area contributed by atoms with Gasteiger partial charge in [-0.25, -0.2) is 9.37 Å². The summed E-state index contributed by atoms with van der Waals surface area (Å²) in [7, 11) is 0. The molecule has 0 aliphatic carbocycles. The number of aliphatic carboxylic acids is 1. The predicted molar refractivity (Wildman–Crippen MR) is 97.9 cm³/mol. The van der Waals surface area contributed by atoms with Crippen LogP contribution in [0.3, 0.4) is 0 Å². The zero-order valence-corrected chi connectivity index (χ0v) is 15.4. The molecule has 1 fully saturated rings. The number of nitrogens with one attached hydrogen (secondary N) is 1. The lowest BCUT2D eigenvalue weighted by Crippen LogP contribution is -2.39. The molecule has 0 spiro atoms. The molecule has 1 amide bonds. The molecule has 7 nitrogen and oxygen atoms in total. The number of hydrogen-bond acceptors (Lipinski definition) is 5. The second-order valence-electron chi connectivity index (χ2n) is 6.80. The van der Waals surface area contributed by atoms with Gasteiger partial charge in [0.25, 0.3) is 0 Å². The van der Waals surface area contributed by atoms with Gasteiger partial charge in [0.15, 0.2) is 11.7 Å². The number of halogens is 1. The molecular formula is C20H23FN2O5. The minimum Gasteiger partial charge on any atom is -0.481 e. The van der Waals surface area contributed by atoms with Crippen LogP contribution in [0.5, 0.6) is 0 Å². The molecule has 1 aliphatic heterocycles. The number of benzene rings is 1. The molecule has 28 heavy (non-hydrogen) atoms. The fourth-order valence-electron chi connectivity index (χ4n) is 3.32. The first-order chi connectivity index (χ1) is 13.5. The SMILES string of the molecule is O=C(CCc1ncc(-c2ccccc2F)o1)NCC(C(=O)O)C1CCOCC1. The summed E-state index contributed by atoms with van der Waals surface area (Å²) in [6, 6.07) is 6.22. The maximum absolute atomic E-state index is 13.8. The molecule has 1 atom stereocenters. The van der Waals surface area contributed by atoms with Gasteiger partial charge in [0.05, 0.1) is 17.7 Å². The van der Waals surface area contributed by atoms with Crippen molar-refractivity contribution in [2.24, 2.45) is 11.8 Å². The molecule has 1 aromatic carbocycles. The molecule has 3 rings (SSSR count). The van der Waals surface area contributed by atoms with Crippen LogP contribution >= 0.6 is 0 Å². The minimum atomic E-state index is -0.908. The summed E-state index contributed by atoms with van der Waals surface area (Å²) in [5.41, 5.74) is 0.312. The Balaban J connectivity index is 1.49. The number of carbonyl (C=O) groups is 2. The Bertz CT molecular complexity index is 816. The molecule has 1 aromatic heterocycles. The summed E-state index contributed by atoms with van der Waals surface area (Å²) < 4.78 is 24.6. The van der Waals surface area contributed by atoms with Crippen LogP contribution < -0.4 is 5.32 Å². The Hall–Kier alpha value is -2.74. The summed E-state index contributed by atoms with van der Waals surface area (Å²) in [6.45, 7) is 1.19. The van der Waals surface area contributed by atoms with Gasteiger partial charge in [0.1, 0.15) is 5.82 Å². The highest BCUT2D eigenvalue weighted by Crippen LogP contribution is 2.25. The second-order valence-corrected chi connectivity index (χ2v) is 6.80. The highest BCUT2D eigenvalue weighted by molar-refractivity contribution is 5.77. The van der Waals surface area contributed by atoms with Gasteiger partial charge in [-0.3, -0.25) is 9.59 Å². The van der Waals surface area contributed by atoms with Crippen LogP contribution in [-0.2, 0) is 20.7 Å². The first kappa shape index (κ1) is 20.0. The van der Waals surface area contributed by atoms with Crippen molar-refractivity contribution in [1.82, 2.24) is 10.3 Å². The van der Waals surface area contributed by atoms with E-state index in [0.29, 0.717) is 43.3 Å². The van der Waals surface area contributed by atoms with Crippen LogP contribution in [0.2, 0.25) is 0 Å². The summed E-state index contributed by atoms with van der Waals surface area (Å²) in [5.74, 6) is -1.58. The van der Waals surface area contributed by atoms with E-state index in [1.807, 2.05) is 0 Å². The number of hydrogen-bond donors (Lipinski definition) is 2. The van der Waals surface area contributed by atoms with Crippen molar-refractivity contribution in [3.63, 3.8) is 0 Å². The number of amides is 1. The summed E-state index contributed by atoms with van der Waals surface area (Å²) in [6.07, 6.45) is 3.15. The number of carboxylic acids is 1. The molecule has 2 N–H and O–H groups in total. The van der Waals surface area contributed by atoms with E-state index in [1.54, 1.807) is 18.2 Å². The van der Waals surface area contributed by atoms with Crippen molar-refractivity contribution < 1.29 is 28.2 Å². The number of oxazole rings is 1.